The van der Waals surface area contributed by atoms with Crippen molar-refractivity contribution < 1.29 is 0 Å². The molecule has 11 heavy (non-hydrogen) atoms. The van der Waals surface area contributed by atoms with Crippen molar-refractivity contribution in [2.45, 2.75) is 6.92 Å². The average molecular weight is 164 g/mol. The summed E-state index contributed by atoms with van der Waals surface area (Å²) in [4.78, 5) is 7.38. The van der Waals surface area contributed by atoms with Gasteiger partial charge in [-0.2, -0.15) is 11.3 Å². The van der Waals surface area contributed by atoms with E-state index in [0.717, 1.165) is 11.5 Å². The lowest BCUT2D eigenvalue weighted by Crippen LogP contribution is -1.74. The minimum atomic E-state index is 0.962. The molecule has 0 spiro atoms. The number of H-pyrrole nitrogens is 1. The molecule has 0 saturated heterocycles. The first kappa shape index (κ1) is 6.61. The van der Waals surface area contributed by atoms with E-state index in [-0.39, 0.29) is 0 Å². The predicted molar refractivity (Wildman–Crippen MR) is 46.6 cm³/mol. The first-order chi connectivity index (χ1) is 5.36. The van der Waals surface area contributed by atoms with Gasteiger partial charge in [0.15, 0.2) is 0 Å². The first-order valence-electron chi connectivity index (χ1n) is 3.40. The van der Waals surface area contributed by atoms with Gasteiger partial charge in [0.25, 0.3) is 0 Å². The Labute approximate surface area is 68.9 Å². The van der Waals surface area contributed by atoms with Gasteiger partial charge in [-0.1, -0.05) is 0 Å². The summed E-state index contributed by atoms with van der Waals surface area (Å²) >= 11 is 1.68. The number of thiophene rings is 1. The molecule has 0 radical (unpaired) electrons. The van der Waals surface area contributed by atoms with Crippen LogP contribution < -0.4 is 0 Å². The second-order valence-corrected chi connectivity index (χ2v) is 3.21. The number of aromatic amines is 1. The maximum atomic E-state index is 4.21. The Kier molecular flexibility index (Phi) is 1.51. The third-order valence-corrected chi connectivity index (χ3v) is 2.18. The third kappa shape index (κ3) is 1.19. The molecule has 2 rings (SSSR count). The Bertz CT molecular complexity index is 335. The molecule has 2 nitrogen and oxygen atoms in total. The molecule has 2 heterocycles. The van der Waals surface area contributed by atoms with E-state index >= 15 is 0 Å². The topological polar surface area (TPSA) is 28.7 Å². The van der Waals surface area contributed by atoms with Crippen molar-refractivity contribution >= 4 is 11.3 Å². The first-order valence-corrected chi connectivity index (χ1v) is 4.35. The fourth-order valence-corrected chi connectivity index (χ4v) is 1.60. The van der Waals surface area contributed by atoms with Gasteiger partial charge in [-0.15, -0.1) is 0 Å². The van der Waals surface area contributed by atoms with Crippen molar-refractivity contribution in [2.75, 3.05) is 0 Å². The molecular formula is C8H8N2S. The van der Waals surface area contributed by atoms with Crippen molar-refractivity contribution in [3.8, 4) is 11.4 Å². The standard InChI is InChI=1S/C8H8N2S/c1-6-4-9-8(10-6)7-2-3-11-5-7/h2-5H,1H3,(H,9,10). The molecule has 0 saturated carbocycles. The molecule has 0 bridgehead atoms. The van der Waals surface area contributed by atoms with Gasteiger partial charge < -0.3 is 4.98 Å². The van der Waals surface area contributed by atoms with E-state index in [9.17, 15) is 0 Å². The van der Waals surface area contributed by atoms with Crippen LogP contribution in [0.15, 0.2) is 23.0 Å². The molecule has 0 atom stereocenters. The number of hydrogen-bond acceptors (Lipinski definition) is 2. The Morgan fingerprint density at radius 2 is 2.45 bits per heavy atom. The van der Waals surface area contributed by atoms with Crippen LogP contribution in [0.2, 0.25) is 0 Å². The van der Waals surface area contributed by atoms with Crippen LogP contribution in [0.5, 0.6) is 0 Å². The van der Waals surface area contributed by atoms with Crippen LogP contribution in [0.3, 0.4) is 0 Å². The highest BCUT2D eigenvalue weighted by Gasteiger charge is 1.99. The molecule has 0 amide bonds. The second-order valence-electron chi connectivity index (χ2n) is 2.43. The fourth-order valence-electron chi connectivity index (χ4n) is 0.959. The normalized spacial score (nSPS) is 10.3. The number of nitrogens with zero attached hydrogens (tertiary/aromatic N) is 1. The summed E-state index contributed by atoms with van der Waals surface area (Å²) < 4.78 is 0. The minimum absolute atomic E-state index is 0.962. The van der Waals surface area contributed by atoms with Gasteiger partial charge in [0, 0.05) is 22.8 Å². The fraction of sp³-hybridized carbons (Fsp3) is 0.125. The molecule has 2 aromatic heterocycles. The summed E-state index contributed by atoms with van der Waals surface area (Å²) in [7, 11) is 0. The number of aromatic nitrogens is 2. The van der Waals surface area contributed by atoms with Crippen molar-refractivity contribution in [1.82, 2.24) is 9.97 Å². The van der Waals surface area contributed by atoms with Crippen LogP contribution in [0.4, 0.5) is 0 Å². The largest absolute Gasteiger partial charge is 0.342 e. The van der Waals surface area contributed by atoms with Crippen LogP contribution in [0.25, 0.3) is 11.4 Å². The second kappa shape index (κ2) is 2.51. The molecule has 0 fully saturated rings. The Morgan fingerprint density at radius 1 is 1.55 bits per heavy atom. The lowest BCUT2D eigenvalue weighted by Gasteiger charge is -1.86. The summed E-state index contributed by atoms with van der Waals surface area (Å²) in [5.41, 5.74) is 2.27. The molecule has 0 aromatic carbocycles. The third-order valence-electron chi connectivity index (χ3n) is 1.50. The van der Waals surface area contributed by atoms with Crippen molar-refractivity contribution in [3.63, 3.8) is 0 Å². The van der Waals surface area contributed by atoms with Gasteiger partial charge in [0.1, 0.15) is 5.82 Å². The summed E-state index contributed by atoms with van der Waals surface area (Å²) in [5, 5.41) is 4.13. The molecule has 0 aliphatic heterocycles. The van der Waals surface area contributed by atoms with Crippen LogP contribution >= 0.6 is 11.3 Å². The number of hydrogen-bond donors (Lipinski definition) is 1. The molecule has 3 heteroatoms. The minimum Gasteiger partial charge on any atom is -0.342 e. The zero-order chi connectivity index (χ0) is 7.68. The van der Waals surface area contributed by atoms with Gasteiger partial charge in [0.2, 0.25) is 0 Å². The van der Waals surface area contributed by atoms with E-state index in [0.29, 0.717) is 0 Å². The van der Waals surface area contributed by atoms with Gasteiger partial charge in [-0.3, -0.25) is 0 Å². The molecule has 1 N–H and O–H groups in total. The van der Waals surface area contributed by atoms with Gasteiger partial charge in [0.05, 0.1) is 0 Å². The molecule has 2 aromatic rings. The van der Waals surface area contributed by atoms with Crippen molar-refractivity contribution in [1.29, 1.82) is 0 Å². The molecular weight excluding hydrogens is 156 g/mol. The predicted octanol–water partition coefficient (Wildman–Crippen LogP) is 2.45. The smallest absolute Gasteiger partial charge is 0.138 e. The zero-order valence-electron chi connectivity index (χ0n) is 6.16. The monoisotopic (exact) mass is 164 g/mol. The molecule has 0 aliphatic carbocycles. The SMILES string of the molecule is Cc1cnc(-c2ccsc2)[nH]1. The molecule has 56 valence electrons. The van der Waals surface area contributed by atoms with Gasteiger partial charge in [-0.25, -0.2) is 4.98 Å². The summed E-state index contributed by atoms with van der Waals surface area (Å²) in [6.07, 6.45) is 1.84. The van der Waals surface area contributed by atoms with Crippen LogP contribution in [0, 0.1) is 6.92 Å². The van der Waals surface area contributed by atoms with E-state index in [1.54, 1.807) is 11.3 Å². The highest BCUT2D eigenvalue weighted by Crippen LogP contribution is 2.17. The molecule has 0 unspecified atom stereocenters. The maximum absolute atomic E-state index is 4.21. The highest BCUT2D eigenvalue weighted by molar-refractivity contribution is 7.08. The van der Waals surface area contributed by atoms with Gasteiger partial charge in [-0.05, 0) is 18.4 Å². The van der Waals surface area contributed by atoms with Gasteiger partial charge >= 0.3 is 0 Å². The van der Waals surface area contributed by atoms with Crippen LogP contribution in [-0.2, 0) is 0 Å². The Hall–Kier alpha value is -1.09. The van der Waals surface area contributed by atoms with E-state index in [4.69, 9.17) is 0 Å². The maximum Gasteiger partial charge on any atom is 0.138 e. The number of imidazole rings is 1. The average Bonchev–Trinajstić information content (AvgIpc) is 2.55. The van der Waals surface area contributed by atoms with E-state index in [1.807, 2.05) is 18.5 Å². The van der Waals surface area contributed by atoms with Crippen molar-refractivity contribution in [3.05, 3.63) is 28.7 Å². The summed E-state index contributed by atoms with van der Waals surface area (Å²) in [6, 6.07) is 2.06. The van der Waals surface area contributed by atoms with Crippen molar-refractivity contribution in [2.24, 2.45) is 0 Å². The Balaban J connectivity index is 2.45. The quantitative estimate of drug-likeness (QED) is 0.689. The lowest BCUT2D eigenvalue weighted by atomic mass is 10.3. The number of nitrogens with one attached hydrogen (secondary N) is 1. The Morgan fingerprint density at radius 3 is 3.00 bits per heavy atom. The number of rotatable bonds is 1. The van der Waals surface area contributed by atoms with Crippen LogP contribution in [-0.4, -0.2) is 9.97 Å². The number of aryl methyl sites for hydroxylation is 1. The lowest BCUT2D eigenvalue weighted by molar-refractivity contribution is 1.26. The highest BCUT2D eigenvalue weighted by atomic mass is 32.1. The summed E-state index contributed by atoms with van der Waals surface area (Å²) in [6.45, 7) is 2.00. The zero-order valence-corrected chi connectivity index (χ0v) is 6.98. The van der Waals surface area contributed by atoms with E-state index < -0.39 is 0 Å². The molecule has 0 aliphatic rings. The van der Waals surface area contributed by atoms with Crippen LogP contribution in [0.1, 0.15) is 5.69 Å². The van der Waals surface area contributed by atoms with E-state index in [1.165, 1.54) is 5.56 Å². The summed E-state index contributed by atoms with van der Waals surface area (Å²) in [5.74, 6) is 0.962. The van der Waals surface area contributed by atoms with E-state index in [2.05, 4.69) is 21.4 Å².